The van der Waals surface area contributed by atoms with Crippen LogP contribution in [0.4, 0.5) is 4.79 Å². The molecule has 1 aliphatic carbocycles. The number of rotatable bonds is 3. The first-order valence-electron chi connectivity index (χ1n) is 5.71. The van der Waals surface area contributed by atoms with Gasteiger partial charge in [0.15, 0.2) is 0 Å². The van der Waals surface area contributed by atoms with Crippen molar-refractivity contribution in [3.05, 3.63) is 34.9 Å². The third kappa shape index (κ3) is 2.35. The number of likely N-dealkylation sites (N-methyl/N-ethyl adjacent to an activating group) is 1. The van der Waals surface area contributed by atoms with Gasteiger partial charge in [0.1, 0.15) is 0 Å². The summed E-state index contributed by atoms with van der Waals surface area (Å²) in [4.78, 5) is 12.0. The van der Waals surface area contributed by atoms with Crippen molar-refractivity contribution < 1.29 is 9.90 Å². The standard InChI is InChI=1S/C13H17NO2/c1-14(13(15)16)8-7-10-5-6-11-3-2-4-12(11)9-10/h5-6,9H,2-4,7-8H2,1H3,(H,15,16). The van der Waals surface area contributed by atoms with Gasteiger partial charge < -0.3 is 10.0 Å². The highest BCUT2D eigenvalue weighted by molar-refractivity contribution is 5.64. The number of carbonyl (C=O) groups is 1. The Bertz CT molecular complexity index is 401. The first-order chi connectivity index (χ1) is 7.66. The number of hydrogen-bond donors (Lipinski definition) is 1. The molecule has 86 valence electrons. The minimum absolute atomic E-state index is 0.564. The number of hydrogen-bond acceptors (Lipinski definition) is 1. The Morgan fingerprint density at radius 1 is 1.38 bits per heavy atom. The maximum atomic E-state index is 10.6. The molecule has 0 atom stereocenters. The average molecular weight is 219 g/mol. The molecule has 16 heavy (non-hydrogen) atoms. The van der Waals surface area contributed by atoms with Gasteiger partial charge in [-0.2, -0.15) is 0 Å². The van der Waals surface area contributed by atoms with Gasteiger partial charge in [-0.15, -0.1) is 0 Å². The molecule has 0 fully saturated rings. The van der Waals surface area contributed by atoms with Crippen LogP contribution in [0, 0.1) is 0 Å². The number of aryl methyl sites for hydroxylation is 2. The second-order valence-corrected chi connectivity index (χ2v) is 4.41. The maximum Gasteiger partial charge on any atom is 0.407 e. The van der Waals surface area contributed by atoms with Crippen molar-refractivity contribution in [2.45, 2.75) is 25.7 Å². The predicted molar refractivity (Wildman–Crippen MR) is 62.8 cm³/mol. The summed E-state index contributed by atoms with van der Waals surface area (Å²) in [5, 5.41) is 8.74. The first-order valence-corrected chi connectivity index (χ1v) is 5.71. The van der Waals surface area contributed by atoms with Gasteiger partial charge in [-0.25, -0.2) is 4.79 Å². The molecule has 0 unspecified atom stereocenters. The van der Waals surface area contributed by atoms with E-state index in [0.717, 1.165) is 6.42 Å². The van der Waals surface area contributed by atoms with Crippen molar-refractivity contribution in [2.75, 3.05) is 13.6 Å². The second-order valence-electron chi connectivity index (χ2n) is 4.41. The molecule has 3 heteroatoms. The van der Waals surface area contributed by atoms with Crippen LogP contribution in [0.15, 0.2) is 18.2 Å². The molecule has 1 aromatic rings. The molecule has 0 aromatic heterocycles. The summed E-state index contributed by atoms with van der Waals surface area (Å²) in [6, 6.07) is 6.55. The van der Waals surface area contributed by atoms with E-state index >= 15 is 0 Å². The van der Waals surface area contributed by atoms with Crippen LogP contribution in [0.2, 0.25) is 0 Å². The largest absolute Gasteiger partial charge is 0.465 e. The summed E-state index contributed by atoms with van der Waals surface area (Å²) in [6.45, 7) is 0.564. The monoisotopic (exact) mass is 219 g/mol. The zero-order chi connectivity index (χ0) is 11.5. The van der Waals surface area contributed by atoms with E-state index in [9.17, 15) is 4.79 Å². The van der Waals surface area contributed by atoms with Crippen molar-refractivity contribution in [1.29, 1.82) is 0 Å². The van der Waals surface area contributed by atoms with E-state index in [1.807, 2.05) is 0 Å². The van der Waals surface area contributed by atoms with Crippen LogP contribution >= 0.6 is 0 Å². The van der Waals surface area contributed by atoms with Crippen LogP contribution in [0.3, 0.4) is 0 Å². The topological polar surface area (TPSA) is 40.5 Å². The minimum Gasteiger partial charge on any atom is -0.465 e. The van der Waals surface area contributed by atoms with Crippen molar-refractivity contribution in [1.82, 2.24) is 4.90 Å². The Morgan fingerprint density at radius 3 is 2.88 bits per heavy atom. The van der Waals surface area contributed by atoms with Gasteiger partial charge in [0.25, 0.3) is 0 Å². The van der Waals surface area contributed by atoms with E-state index in [4.69, 9.17) is 5.11 Å². The molecule has 0 aliphatic heterocycles. The van der Waals surface area contributed by atoms with Crippen LogP contribution in [-0.2, 0) is 19.3 Å². The number of benzene rings is 1. The molecular formula is C13H17NO2. The third-order valence-electron chi connectivity index (χ3n) is 3.23. The van der Waals surface area contributed by atoms with E-state index in [0.29, 0.717) is 6.54 Å². The first kappa shape index (κ1) is 11.0. The number of carboxylic acid groups (broad SMARTS) is 1. The van der Waals surface area contributed by atoms with Gasteiger partial charge in [-0.05, 0) is 42.4 Å². The summed E-state index contributed by atoms with van der Waals surface area (Å²) >= 11 is 0. The van der Waals surface area contributed by atoms with Crippen LogP contribution in [-0.4, -0.2) is 29.7 Å². The Morgan fingerprint density at radius 2 is 2.12 bits per heavy atom. The van der Waals surface area contributed by atoms with E-state index in [-0.39, 0.29) is 0 Å². The molecular weight excluding hydrogens is 202 g/mol. The van der Waals surface area contributed by atoms with Gasteiger partial charge in [-0.1, -0.05) is 18.2 Å². The van der Waals surface area contributed by atoms with Crippen molar-refractivity contribution >= 4 is 6.09 Å². The summed E-state index contributed by atoms with van der Waals surface area (Å²) in [5.41, 5.74) is 4.17. The average Bonchev–Trinajstić information content (AvgIpc) is 2.72. The summed E-state index contributed by atoms with van der Waals surface area (Å²) < 4.78 is 0. The number of nitrogens with zero attached hydrogens (tertiary/aromatic N) is 1. The van der Waals surface area contributed by atoms with E-state index in [1.54, 1.807) is 7.05 Å². The molecule has 0 saturated carbocycles. The number of fused-ring (bicyclic) bond motifs is 1. The Hall–Kier alpha value is -1.51. The number of amides is 1. The highest BCUT2D eigenvalue weighted by Gasteiger charge is 2.11. The second kappa shape index (κ2) is 4.56. The summed E-state index contributed by atoms with van der Waals surface area (Å²) in [7, 11) is 1.61. The lowest BCUT2D eigenvalue weighted by Gasteiger charge is -2.13. The van der Waals surface area contributed by atoms with E-state index < -0.39 is 6.09 Å². The Balaban J connectivity index is 1.98. The fourth-order valence-corrected chi connectivity index (χ4v) is 2.17. The van der Waals surface area contributed by atoms with E-state index in [1.165, 1.54) is 40.9 Å². The molecule has 0 saturated heterocycles. The molecule has 1 aliphatic rings. The van der Waals surface area contributed by atoms with Crippen LogP contribution in [0.5, 0.6) is 0 Å². The van der Waals surface area contributed by atoms with Gasteiger partial charge in [0.2, 0.25) is 0 Å². The zero-order valence-corrected chi connectivity index (χ0v) is 9.57. The molecule has 0 spiro atoms. The van der Waals surface area contributed by atoms with Gasteiger partial charge >= 0.3 is 6.09 Å². The normalized spacial score (nSPS) is 13.6. The predicted octanol–water partition coefficient (Wildman–Crippen LogP) is 2.33. The lowest BCUT2D eigenvalue weighted by atomic mass is 10.0. The van der Waals surface area contributed by atoms with Crippen LogP contribution < -0.4 is 0 Å². The summed E-state index contributed by atoms with van der Waals surface area (Å²) in [5.74, 6) is 0. The van der Waals surface area contributed by atoms with Crippen molar-refractivity contribution in [3.8, 4) is 0 Å². The van der Waals surface area contributed by atoms with Crippen LogP contribution in [0.1, 0.15) is 23.1 Å². The lowest BCUT2D eigenvalue weighted by molar-refractivity contribution is 0.156. The highest BCUT2D eigenvalue weighted by Crippen LogP contribution is 2.22. The van der Waals surface area contributed by atoms with Gasteiger partial charge in [0, 0.05) is 13.6 Å². The zero-order valence-electron chi connectivity index (χ0n) is 9.57. The molecule has 2 rings (SSSR count). The van der Waals surface area contributed by atoms with E-state index in [2.05, 4.69) is 18.2 Å². The molecule has 3 nitrogen and oxygen atoms in total. The highest BCUT2D eigenvalue weighted by atomic mass is 16.4. The van der Waals surface area contributed by atoms with Crippen molar-refractivity contribution in [2.24, 2.45) is 0 Å². The van der Waals surface area contributed by atoms with Gasteiger partial charge in [-0.3, -0.25) is 0 Å². The Kier molecular flexibility index (Phi) is 3.13. The molecule has 0 radical (unpaired) electrons. The summed E-state index contributed by atoms with van der Waals surface area (Å²) in [6.07, 6.45) is 3.58. The molecule has 1 N–H and O–H groups in total. The van der Waals surface area contributed by atoms with Crippen LogP contribution in [0.25, 0.3) is 0 Å². The molecule has 0 bridgehead atoms. The molecule has 0 heterocycles. The quantitative estimate of drug-likeness (QED) is 0.847. The molecule has 1 amide bonds. The van der Waals surface area contributed by atoms with Gasteiger partial charge in [0.05, 0.1) is 0 Å². The fraction of sp³-hybridized carbons (Fsp3) is 0.462. The SMILES string of the molecule is CN(CCc1ccc2c(c1)CCC2)C(=O)O. The Labute approximate surface area is 95.7 Å². The smallest absolute Gasteiger partial charge is 0.407 e. The minimum atomic E-state index is -0.860. The van der Waals surface area contributed by atoms with Crippen molar-refractivity contribution in [3.63, 3.8) is 0 Å². The maximum absolute atomic E-state index is 10.6. The lowest BCUT2D eigenvalue weighted by Crippen LogP contribution is -2.26. The molecule has 1 aromatic carbocycles. The third-order valence-corrected chi connectivity index (χ3v) is 3.23. The fourth-order valence-electron chi connectivity index (χ4n) is 2.17.